The molecule has 1 heterocycles. The monoisotopic (exact) mass is 220 g/mol. The smallest absolute Gasteiger partial charge is 0.0748 e. The van der Waals surface area contributed by atoms with E-state index in [4.69, 9.17) is 0 Å². The minimum Gasteiger partial charge on any atom is -0.391 e. The van der Waals surface area contributed by atoms with Crippen molar-refractivity contribution in [3.63, 3.8) is 0 Å². The highest BCUT2D eigenvalue weighted by molar-refractivity contribution is 5.29. The van der Waals surface area contributed by atoms with Crippen LogP contribution >= 0.6 is 0 Å². The minimum atomic E-state index is -0.303. The number of fused-ring (bicyclic) bond motifs is 1. The zero-order valence-electron chi connectivity index (χ0n) is 9.82. The van der Waals surface area contributed by atoms with Crippen LogP contribution in [-0.2, 0) is 6.42 Å². The predicted molar refractivity (Wildman–Crippen MR) is 64.5 cm³/mol. The summed E-state index contributed by atoms with van der Waals surface area (Å²) in [5.41, 5.74) is 2.41. The Bertz CT molecular complexity index is 340. The third kappa shape index (κ3) is 2.42. The molecule has 1 aliphatic rings. The van der Waals surface area contributed by atoms with Crippen LogP contribution in [0.25, 0.3) is 0 Å². The van der Waals surface area contributed by atoms with E-state index < -0.39 is 0 Å². The van der Waals surface area contributed by atoms with Gasteiger partial charge in [-0.25, -0.2) is 0 Å². The first-order valence-corrected chi connectivity index (χ1v) is 6.15. The van der Waals surface area contributed by atoms with Crippen LogP contribution in [0.2, 0.25) is 0 Å². The molecule has 1 aliphatic carbocycles. The van der Waals surface area contributed by atoms with E-state index in [1.54, 1.807) is 0 Å². The fraction of sp³-hybridized carbons (Fsp3) is 0.615. The van der Waals surface area contributed by atoms with Gasteiger partial charge in [0, 0.05) is 24.4 Å². The zero-order valence-corrected chi connectivity index (χ0v) is 9.82. The molecule has 0 aliphatic heterocycles. The molecule has 0 amide bonds. The summed E-state index contributed by atoms with van der Waals surface area (Å²) in [5, 5.41) is 13.4. The molecule has 3 nitrogen and oxygen atoms in total. The zero-order chi connectivity index (χ0) is 11.4. The Labute approximate surface area is 96.9 Å². The Morgan fingerprint density at radius 3 is 3.31 bits per heavy atom. The van der Waals surface area contributed by atoms with E-state index in [0.29, 0.717) is 6.54 Å². The van der Waals surface area contributed by atoms with Gasteiger partial charge >= 0.3 is 0 Å². The van der Waals surface area contributed by atoms with Crippen LogP contribution in [0, 0.1) is 0 Å². The highest BCUT2D eigenvalue weighted by atomic mass is 16.3. The van der Waals surface area contributed by atoms with Crippen LogP contribution in [-0.4, -0.2) is 29.3 Å². The molecule has 0 aromatic carbocycles. The number of pyridine rings is 1. The summed E-state index contributed by atoms with van der Waals surface area (Å²) >= 11 is 0. The van der Waals surface area contributed by atoms with E-state index in [9.17, 15) is 5.11 Å². The standard InChI is InChI=1S/C13H20N2O/c1-2-7-14-9-12(16)11-6-5-10-4-3-8-15-13(10)11/h3-4,8,11-12,14,16H,2,5-7,9H2,1H3. The van der Waals surface area contributed by atoms with Crippen molar-refractivity contribution in [2.45, 2.75) is 38.2 Å². The van der Waals surface area contributed by atoms with Gasteiger partial charge in [-0.05, 0) is 37.4 Å². The molecule has 2 N–H and O–H groups in total. The molecule has 2 atom stereocenters. The number of hydrogen-bond acceptors (Lipinski definition) is 3. The topological polar surface area (TPSA) is 45.1 Å². The normalized spacial score (nSPS) is 20.8. The van der Waals surface area contributed by atoms with Crippen molar-refractivity contribution >= 4 is 0 Å². The molecule has 0 fully saturated rings. The average molecular weight is 220 g/mol. The summed E-state index contributed by atoms with van der Waals surface area (Å²) in [6.07, 6.45) is 4.71. The molecular formula is C13H20N2O. The third-order valence-electron chi connectivity index (χ3n) is 3.25. The number of aromatic nitrogens is 1. The third-order valence-corrected chi connectivity index (χ3v) is 3.25. The maximum Gasteiger partial charge on any atom is 0.0748 e. The molecule has 1 aromatic heterocycles. The summed E-state index contributed by atoms with van der Waals surface area (Å²) in [5.74, 6) is 0.223. The Balaban J connectivity index is 1.96. The van der Waals surface area contributed by atoms with E-state index in [1.165, 1.54) is 5.56 Å². The van der Waals surface area contributed by atoms with E-state index in [2.05, 4.69) is 23.3 Å². The number of nitrogens with one attached hydrogen (secondary N) is 1. The van der Waals surface area contributed by atoms with Crippen LogP contribution in [0.1, 0.15) is 36.9 Å². The average Bonchev–Trinajstić information content (AvgIpc) is 2.73. The quantitative estimate of drug-likeness (QED) is 0.739. The lowest BCUT2D eigenvalue weighted by atomic mass is 9.99. The van der Waals surface area contributed by atoms with Crippen molar-refractivity contribution in [2.24, 2.45) is 0 Å². The number of nitrogens with zero attached hydrogens (tertiary/aromatic N) is 1. The summed E-state index contributed by atoms with van der Waals surface area (Å²) in [6, 6.07) is 4.09. The highest BCUT2D eigenvalue weighted by Crippen LogP contribution is 2.33. The number of aliphatic hydroxyl groups excluding tert-OH is 1. The van der Waals surface area contributed by atoms with Gasteiger partial charge < -0.3 is 10.4 Å². The van der Waals surface area contributed by atoms with Crippen LogP contribution < -0.4 is 5.32 Å². The Hall–Kier alpha value is -0.930. The van der Waals surface area contributed by atoms with Gasteiger partial charge in [0.1, 0.15) is 0 Å². The summed E-state index contributed by atoms with van der Waals surface area (Å²) in [7, 11) is 0. The first-order chi connectivity index (χ1) is 7.83. The second-order valence-corrected chi connectivity index (χ2v) is 4.46. The molecule has 2 rings (SSSR count). The Kier molecular flexibility index (Phi) is 3.91. The van der Waals surface area contributed by atoms with Gasteiger partial charge in [-0.2, -0.15) is 0 Å². The van der Waals surface area contributed by atoms with E-state index >= 15 is 0 Å². The minimum absolute atomic E-state index is 0.223. The van der Waals surface area contributed by atoms with Gasteiger partial charge in [-0.3, -0.25) is 4.98 Å². The van der Waals surface area contributed by atoms with Crippen molar-refractivity contribution in [3.05, 3.63) is 29.6 Å². The van der Waals surface area contributed by atoms with Crippen molar-refractivity contribution in [1.29, 1.82) is 0 Å². The molecule has 0 spiro atoms. The first-order valence-electron chi connectivity index (χ1n) is 6.15. The van der Waals surface area contributed by atoms with Gasteiger partial charge in [-0.15, -0.1) is 0 Å². The number of hydrogen-bond donors (Lipinski definition) is 2. The van der Waals surface area contributed by atoms with Gasteiger partial charge in [0.2, 0.25) is 0 Å². The molecule has 3 heteroatoms. The van der Waals surface area contributed by atoms with Crippen molar-refractivity contribution in [1.82, 2.24) is 10.3 Å². The molecule has 0 bridgehead atoms. The maximum atomic E-state index is 10.1. The van der Waals surface area contributed by atoms with Gasteiger partial charge in [0.15, 0.2) is 0 Å². The predicted octanol–water partition coefficient (Wildman–Crippen LogP) is 1.47. The Morgan fingerprint density at radius 2 is 2.50 bits per heavy atom. The number of aryl methyl sites for hydroxylation is 1. The number of rotatable bonds is 5. The van der Waals surface area contributed by atoms with Crippen LogP contribution in [0.3, 0.4) is 0 Å². The lowest BCUT2D eigenvalue weighted by molar-refractivity contribution is 0.139. The van der Waals surface area contributed by atoms with Crippen molar-refractivity contribution in [2.75, 3.05) is 13.1 Å². The second kappa shape index (κ2) is 5.41. The SMILES string of the molecule is CCCNCC(O)C1CCc2cccnc21. The van der Waals surface area contributed by atoms with Crippen LogP contribution in [0.5, 0.6) is 0 Å². The van der Waals surface area contributed by atoms with E-state index in [0.717, 1.165) is 31.5 Å². The van der Waals surface area contributed by atoms with E-state index in [1.807, 2.05) is 12.3 Å². The number of aliphatic hydroxyl groups is 1. The molecule has 16 heavy (non-hydrogen) atoms. The van der Waals surface area contributed by atoms with Crippen molar-refractivity contribution < 1.29 is 5.11 Å². The molecule has 0 saturated carbocycles. The Morgan fingerprint density at radius 1 is 1.62 bits per heavy atom. The molecular weight excluding hydrogens is 200 g/mol. The lowest BCUT2D eigenvalue weighted by Gasteiger charge is -2.18. The molecule has 1 aromatic rings. The van der Waals surface area contributed by atoms with Crippen LogP contribution in [0.4, 0.5) is 0 Å². The van der Waals surface area contributed by atoms with Gasteiger partial charge in [0.05, 0.1) is 6.10 Å². The van der Waals surface area contributed by atoms with Crippen molar-refractivity contribution in [3.8, 4) is 0 Å². The highest BCUT2D eigenvalue weighted by Gasteiger charge is 2.29. The molecule has 88 valence electrons. The fourth-order valence-corrected chi connectivity index (χ4v) is 2.39. The lowest BCUT2D eigenvalue weighted by Crippen LogP contribution is -2.31. The summed E-state index contributed by atoms with van der Waals surface area (Å²) < 4.78 is 0. The van der Waals surface area contributed by atoms with E-state index in [-0.39, 0.29) is 12.0 Å². The fourth-order valence-electron chi connectivity index (χ4n) is 2.39. The summed E-state index contributed by atoms with van der Waals surface area (Å²) in [4.78, 5) is 4.40. The van der Waals surface area contributed by atoms with Crippen LogP contribution in [0.15, 0.2) is 18.3 Å². The second-order valence-electron chi connectivity index (χ2n) is 4.46. The largest absolute Gasteiger partial charge is 0.391 e. The van der Waals surface area contributed by atoms with Gasteiger partial charge in [0.25, 0.3) is 0 Å². The van der Waals surface area contributed by atoms with Gasteiger partial charge in [-0.1, -0.05) is 13.0 Å². The molecule has 2 unspecified atom stereocenters. The molecule has 0 saturated heterocycles. The molecule has 0 radical (unpaired) electrons. The summed E-state index contributed by atoms with van der Waals surface area (Å²) in [6.45, 7) is 3.78. The maximum absolute atomic E-state index is 10.1. The first kappa shape index (κ1) is 11.6.